The first-order valence-corrected chi connectivity index (χ1v) is 14.2. The Hall–Kier alpha value is -2.13. The number of benzene rings is 1. The Morgan fingerprint density at radius 2 is 2.17 bits per heavy atom. The van der Waals surface area contributed by atoms with E-state index in [4.69, 9.17) is 4.74 Å². The normalized spacial score (nSPS) is 19.6. The lowest BCUT2D eigenvalue weighted by atomic mass is 9.79. The maximum Gasteiger partial charge on any atom is 0.303 e. The lowest BCUT2D eigenvalue weighted by Gasteiger charge is -2.39. The molecule has 0 bridgehead atoms. The largest absolute Gasteiger partial charge is 0.497 e. The van der Waals surface area contributed by atoms with Crippen molar-refractivity contribution in [2.75, 3.05) is 32.5 Å². The van der Waals surface area contributed by atoms with Crippen molar-refractivity contribution in [1.82, 2.24) is 9.88 Å². The van der Waals surface area contributed by atoms with Gasteiger partial charge < -0.3 is 19.8 Å². The minimum absolute atomic E-state index is 0.204. The number of thioether (sulfide) groups is 1. The number of likely N-dealkylation sites (tertiary alicyclic amines) is 1. The van der Waals surface area contributed by atoms with Crippen LogP contribution in [0.1, 0.15) is 43.8 Å². The van der Waals surface area contributed by atoms with Crippen molar-refractivity contribution < 1.29 is 19.7 Å². The molecule has 0 radical (unpaired) electrons. The van der Waals surface area contributed by atoms with Gasteiger partial charge in [0.1, 0.15) is 5.75 Å². The summed E-state index contributed by atoms with van der Waals surface area (Å²) in [6.45, 7) is 2.99. The molecule has 1 saturated heterocycles. The van der Waals surface area contributed by atoms with Crippen molar-refractivity contribution >= 4 is 40.0 Å². The summed E-state index contributed by atoms with van der Waals surface area (Å²) in [5.41, 5.74) is 1.72. The van der Waals surface area contributed by atoms with Gasteiger partial charge in [0, 0.05) is 47.1 Å². The fraction of sp³-hybridized carbons (Fsp3) is 0.481. The number of thiophene rings is 1. The molecule has 3 aromatic rings. The number of carbonyl (C=O) groups is 1. The van der Waals surface area contributed by atoms with Crippen molar-refractivity contribution in [2.24, 2.45) is 11.8 Å². The van der Waals surface area contributed by atoms with E-state index in [1.807, 2.05) is 36.0 Å². The maximum absolute atomic E-state index is 11.3. The molecule has 35 heavy (non-hydrogen) atoms. The highest BCUT2D eigenvalue weighted by Gasteiger charge is 2.30. The van der Waals surface area contributed by atoms with Crippen molar-refractivity contribution in [3.05, 3.63) is 52.9 Å². The van der Waals surface area contributed by atoms with E-state index in [1.165, 1.54) is 4.90 Å². The minimum Gasteiger partial charge on any atom is -0.497 e. The molecule has 6 nitrogen and oxygen atoms in total. The van der Waals surface area contributed by atoms with Gasteiger partial charge in [0.05, 0.1) is 18.7 Å². The van der Waals surface area contributed by atoms with Gasteiger partial charge in [-0.1, -0.05) is 0 Å². The number of fused-ring (bicyclic) bond motifs is 1. The average Bonchev–Trinajstić information content (AvgIpc) is 3.39. The minimum atomic E-state index is -0.730. The van der Waals surface area contributed by atoms with Crippen LogP contribution in [0.2, 0.25) is 0 Å². The Morgan fingerprint density at radius 3 is 2.94 bits per heavy atom. The molecule has 2 N–H and O–H groups in total. The molecule has 1 fully saturated rings. The molecule has 2 aromatic heterocycles. The van der Waals surface area contributed by atoms with E-state index < -0.39 is 12.1 Å². The second-order valence-electron chi connectivity index (χ2n) is 9.23. The molecule has 0 aliphatic carbocycles. The summed E-state index contributed by atoms with van der Waals surface area (Å²) in [5, 5.41) is 25.6. The van der Waals surface area contributed by atoms with Crippen LogP contribution in [0, 0.1) is 11.8 Å². The highest BCUT2D eigenvalue weighted by atomic mass is 32.2. The van der Waals surface area contributed by atoms with E-state index in [0.717, 1.165) is 60.4 Å². The van der Waals surface area contributed by atoms with Crippen LogP contribution in [0.15, 0.2) is 52.2 Å². The van der Waals surface area contributed by atoms with E-state index in [2.05, 4.69) is 26.7 Å². The van der Waals surface area contributed by atoms with Crippen LogP contribution in [0.25, 0.3) is 10.9 Å². The number of rotatable bonds is 12. The molecule has 4 rings (SSSR count). The van der Waals surface area contributed by atoms with Crippen molar-refractivity contribution in [1.29, 1.82) is 0 Å². The lowest BCUT2D eigenvalue weighted by Crippen LogP contribution is -2.41. The highest BCUT2D eigenvalue weighted by molar-refractivity contribution is 7.99. The summed E-state index contributed by atoms with van der Waals surface area (Å²) in [6.07, 6.45) is 4.64. The number of hydrogen-bond acceptors (Lipinski definition) is 7. The number of pyridine rings is 1. The fourth-order valence-electron chi connectivity index (χ4n) is 5.09. The number of nitrogens with zero attached hydrogens (tertiary/aromatic N) is 2. The van der Waals surface area contributed by atoms with Crippen LogP contribution in [-0.2, 0) is 4.79 Å². The van der Waals surface area contributed by atoms with Crippen LogP contribution in [0.4, 0.5) is 0 Å². The molecule has 0 saturated carbocycles. The van der Waals surface area contributed by atoms with Crippen molar-refractivity contribution in [2.45, 2.75) is 43.1 Å². The number of carboxylic acid groups (broad SMARTS) is 1. The second-order valence-corrected chi connectivity index (χ2v) is 11.2. The number of aliphatic carboxylic acids is 1. The Labute approximate surface area is 215 Å². The molecule has 3 atom stereocenters. The third kappa shape index (κ3) is 7.19. The Morgan fingerprint density at radius 1 is 1.29 bits per heavy atom. The predicted molar refractivity (Wildman–Crippen MR) is 142 cm³/mol. The predicted octanol–water partition coefficient (Wildman–Crippen LogP) is 5.71. The monoisotopic (exact) mass is 514 g/mol. The molecule has 1 aliphatic heterocycles. The Bertz CT molecular complexity index is 1090. The Kier molecular flexibility index (Phi) is 9.43. The van der Waals surface area contributed by atoms with Gasteiger partial charge >= 0.3 is 5.97 Å². The zero-order chi connectivity index (χ0) is 24.6. The summed E-state index contributed by atoms with van der Waals surface area (Å²) < 4.78 is 5.37. The third-order valence-electron chi connectivity index (χ3n) is 7.03. The molecule has 1 unspecified atom stereocenters. The molecule has 0 spiro atoms. The third-order valence-corrected chi connectivity index (χ3v) is 8.83. The first-order chi connectivity index (χ1) is 17.0. The van der Waals surface area contributed by atoms with Crippen LogP contribution in [0.5, 0.6) is 5.75 Å². The number of piperidine rings is 1. The molecule has 3 heterocycles. The zero-order valence-corrected chi connectivity index (χ0v) is 21.8. The van der Waals surface area contributed by atoms with Gasteiger partial charge in [-0.3, -0.25) is 9.78 Å². The van der Waals surface area contributed by atoms with Gasteiger partial charge in [-0.25, -0.2) is 0 Å². The number of methoxy groups -OCH3 is 1. The van der Waals surface area contributed by atoms with Gasteiger partial charge in [-0.15, -0.1) is 11.8 Å². The molecular formula is C27H34N2O4S2. The summed E-state index contributed by atoms with van der Waals surface area (Å²) in [7, 11) is 1.64. The topological polar surface area (TPSA) is 82.9 Å². The first kappa shape index (κ1) is 25.9. The number of ether oxygens (including phenoxy) is 1. The van der Waals surface area contributed by atoms with E-state index in [-0.39, 0.29) is 6.42 Å². The summed E-state index contributed by atoms with van der Waals surface area (Å²) in [5.74, 6) is 1.83. The van der Waals surface area contributed by atoms with Gasteiger partial charge in [0.2, 0.25) is 0 Å². The van der Waals surface area contributed by atoms with Crippen LogP contribution < -0.4 is 4.74 Å². The molecule has 1 aromatic carbocycles. The number of aromatic nitrogens is 1. The van der Waals surface area contributed by atoms with E-state index in [9.17, 15) is 15.0 Å². The quantitative estimate of drug-likeness (QED) is 0.299. The molecule has 1 aliphatic rings. The van der Waals surface area contributed by atoms with Crippen LogP contribution in [-0.4, -0.2) is 58.6 Å². The molecular weight excluding hydrogens is 480 g/mol. The summed E-state index contributed by atoms with van der Waals surface area (Å²) in [6, 6.07) is 9.78. The fourth-order valence-corrected chi connectivity index (χ4v) is 6.88. The van der Waals surface area contributed by atoms with Crippen molar-refractivity contribution in [3.63, 3.8) is 0 Å². The number of aliphatic hydroxyl groups excluding tert-OH is 1. The molecule has 8 heteroatoms. The van der Waals surface area contributed by atoms with Gasteiger partial charge in [0.25, 0.3) is 0 Å². The second kappa shape index (κ2) is 12.7. The van der Waals surface area contributed by atoms with Gasteiger partial charge in [-0.05, 0) is 85.3 Å². The van der Waals surface area contributed by atoms with Crippen LogP contribution in [0.3, 0.4) is 0 Å². The summed E-state index contributed by atoms with van der Waals surface area (Å²) in [4.78, 5) is 19.5. The summed E-state index contributed by atoms with van der Waals surface area (Å²) >= 11 is 3.61. The Balaban J connectivity index is 1.36. The number of hydrogen-bond donors (Lipinski definition) is 2. The van der Waals surface area contributed by atoms with Crippen LogP contribution >= 0.6 is 23.1 Å². The number of carboxylic acids is 1. The smallest absolute Gasteiger partial charge is 0.303 e. The van der Waals surface area contributed by atoms with E-state index in [1.54, 1.807) is 24.6 Å². The first-order valence-electron chi connectivity index (χ1n) is 12.2. The maximum atomic E-state index is 11.3. The van der Waals surface area contributed by atoms with E-state index in [0.29, 0.717) is 24.7 Å². The van der Waals surface area contributed by atoms with Gasteiger partial charge in [0.15, 0.2) is 0 Å². The number of aliphatic hydroxyl groups is 1. The lowest BCUT2D eigenvalue weighted by molar-refractivity contribution is -0.137. The van der Waals surface area contributed by atoms with E-state index >= 15 is 0 Å². The molecule has 188 valence electrons. The highest BCUT2D eigenvalue weighted by Crippen LogP contribution is 2.35. The van der Waals surface area contributed by atoms with Crippen molar-refractivity contribution in [3.8, 4) is 5.75 Å². The standard InChI is InChI=1S/C27H34N2O4S2/c1-33-21-4-5-25-24(16-21)23(8-11-28-25)26(30)6-2-19-9-12-29(17-20(19)3-7-27(31)32)13-15-35-22-10-14-34-18-22/h4-5,8,10-11,14,16,18-20,26,30H,2-3,6-7,9,12-13,15,17H2,1H3,(H,31,32)/t19-,20+,26?/m1/s1. The average molecular weight is 515 g/mol. The van der Waals surface area contributed by atoms with Gasteiger partial charge in [-0.2, -0.15) is 11.3 Å². The zero-order valence-electron chi connectivity index (χ0n) is 20.1. The SMILES string of the molecule is COc1ccc2nccc(C(O)CC[C@@H]3CCN(CCSc4ccsc4)C[C@@H]3CCC(=O)O)c2c1. The molecule has 0 amide bonds.